The van der Waals surface area contributed by atoms with Gasteiger partial charge in [-0.05, 0) is 18.9 Å². The smallest absolute Gasteiger partial charge is 0.230 e. The van der Waals surface area contributed by atoms with Gasteiger partial charge < -0.3 is 10.3 Å². The van der Waals surface area contributed by atoms with Crippen LogP contribution in [0.5, 0.6) is 0 Å². The molecule has 0 saturated heterocycles. The first-order valence-electron chi connectivity index (χ1n) is 5.03. The average molecular weight is 202 g/mol. The zero-order valence-electron chi connectivity index (χ0n) is 8.95. The Morgan fingerprint density at radius 3 is 2.87 bits per heavy atom. The lowest BCUT2D eigenvalue weighted by Crippen LogP contribution is -1.89. The van der Waals surface area contributed by atoms with Crippen molar-refractivity contribution in [3.8, 4) is 11.1 Å². The topological polar surface area (TPSA) is 52.0 Å². The molecule has 15 heavy (non-hydrogen) atoms. The Labute approximate surface area is 88.9 Å². The van der Waals surface area contributed by atoms with Gasteiger partial charge in [-0.1, -0.05) is 41.9 Å². The fourth-order valence-corrected chi connectivity index (χ4v) is 1.69. The van der Waals surface area contributed by atoms with Crippen molar-refractivity contribution >= 4 is 5.88 Å². The third-order valence-electron chi connectivity index (χ3n) is 2.43. The molecule has 2 rings (SSSR count). The lowest BCUT2D eigenvalue weighted by Gasteiger charge is -2.01. The van der Waals surface area contributed by atoms with Crippen LogP contribution in [0, 0.1) is 6.92 Å². The molecule has 0 atom stereocenters. The Balaban J connectivity index is 2.57. The van der Waals surface area contributed by atoms with Crippen LogP contribution in [0.3, 0.4) is 0 Å². The number of nitrogen functional groups attached to an aromatic ring is 1. The number of benzene rings is 1. The second-order valence-electron chi connectivity index (χ2n) is 3.59. The first kappa shape index (κ1) is 9.77. The van der Waals surface area contributed by atoms with Gasteiger partial charge in [-0.25, -0.2) is 0 Å². The molecule has 0 aliphatic carbocycles. The van der Waals surface area contributed by atoms with Crippen LogP contribution in [-0.2, 0) is 6.42 Å². The summed E-state index contributed by atoms with van der Waals surface area (Å²) in [4.78, 5) is 0. The van der Waals surface area contributed by atoms with E-state index in [1.54, 1.807) is 0 Å². The molecule has 0 fully saturated rings. The largest absolute Gasteiger partial charge is 0.367 e. The molecular weight excluding hydrogens is 188 g/mol. The second-order valence-corrected chi connectivity index (χ2v) is 3.59. The lowest BCUT2D eigenvalue weighted by molar-refractivity contribution is 0.428. The molecule has 0 unspecified atom stereocenters. The van der Waals surface area contributed by atoms with Gasteiger partial charge in [0.25, 0.3) is 0 Å². The predicted molar refractivity (Wildman–Crippen MR) is 60.5 cm³/mol. The van der Waals surface area contributed by atoms with Gasteiger partial charge in [0, 0.05) is 0 Å². The summed E-state index contributed by atoms with van der Waals surface area (Å²) in [5.41, 5.74) is 9.89. The van der Waals surface area contributed by atoms with E-state index in [0.717, 1.165) is 23.2 Å². The third-order valence-corrected chi connectivity index (χ3v) is 2.43. The molecule has 3 heteroatoms. The van der Waals surface area contributed by atoms with Crippen LogP contribution in [0.25, 0.3) is 11.1 Å². The lowest BCUT2D eigenvalue weighted by atomic mass is 10.0. The molecule has 0 aliphatic rings. The zero-order valence-corrected chi connectivity index (χ0v) is 8.95. The number of rotatable bonds is 2. The number of aromatic nitrogens is 1. The molecular formula is C12H14N2O. The Morgan fingerprint density at radius 1 is 1.40 bits per heavy atom. The zero-order chi connectivity index (χ0) is 10.8. The van der Waals surface area contributed by atoms with Crippen molar-refractivity contribution in [1.82, 2.24) is 5.16 Å². The fraction of sp³-hybridized carbons (Fsp3) is 0.250. The molecule has 1 aromatic heterocycles. The molecule has 2 N–H and O–H groups in total. The van der Waals surface area contributed by atoms with Gasteiger partial charge in [-0.15, -0.1) is 0 Å². The Kier molecular flexibility index (Phi) is 2.46. The van der Waals surface area contributed by atoms with Crippen molar-refractivity contribution < 1.29 is 4.52 Å². The number of hydrogen-bond acceptors (Lipinski definition) is 3. The van der Waals surface area contributed by atoms with Crippen LogP contribution in [-0.4, -0.2) is 5.16 Å². The molecule has 0 amide bonds. The van der Waals surface area contributed by atoms with Crippen molar-refractivity contribution in [2.45, 2.75) is 20.3 Å². The van der Waals surface area contributed by atoms with Gasteiger partial charge in [-0.2, -0.15) is 0 Å². The number of aryl methyl sites for hydroxylation is 2. The summed E-state index contributed by atoms with van der Waals surface area (Å²) >= 11 is 0. The van der Waals surface area contributed by atoms with Crippen molar-refractivity contribution in [3.05, 3.63) is 35.5 Å². The highest BCUT2D eigenvalue weighted by Crippen LogP contribution is 2.30. The molecule has 0 spiro atoms. The highest BCUT2D eigenvalue weighted by atomic mass is 16.5. The van der Waals surface area contributed by atoms with E-state index in [2.05, 4.69) is 24.2 Å². The molecule has 0 aliphatic heterocycles. The third kappa shape index (κ3) is 1.73. The highest BCUT2D eigenvalue weighted by Gasteiger charge is 2.13. The van der Waals surface area contributed by atoms with Gasteiger partial charge in [0.2, 0.25) is 5.88 Å². The number of hydrogen-bond donors (Lipinski definition) is 1. The number of anilines is 1. The maximum atomic E-state index is 5.77. The monoisotopic (exact) mass is 202 g/mol. The highest BCUT2D eigenvalue weighted by molar-refractivity contribution is 5.75. The van der Waals surface area contributed by atoms with E-state index in [9.17, 15) is 0 Å². The number of nitrogens with two attached hydrogens (primary N) is 1. The van der Waals surface area contributed by atoms with Crippen molar-refractivity contribution in [2.75, 3.05) is 5.73 Å². The van der Waals surface area contributed by atoms with E-state index < -0.39 is 0 Å². The minimum absolute atomic E-state index is 0.400. The van der Waals surface area contributed by atoms with Crippen LogP contribution in [0.2, 0.25) is 0 Å². The molecule has 0 bridgehead atoms. The fourth-order valence-electron chi connectivity index (χ4n) is 1.69. The standard InChI is InChI=1S/C12H14N2O/c1-3-10-11(12(13)15-14-10)9-6-4-5-8(2)7-9/h4-7H,3,13H2,1-2H3. The maximum Gasteiger partial charge on any atom is 0.230 e. The van der Waals surface area contributed by atoms with E-state index >= 15 is 0 Å². The van der Waals surface area contributed by atoms with E-state index in [4.69, 9.17) is 10.3 Å². The predicted octanol–water partition coefficient (Wildman–Crippen LogP) is 2.79. The van der Waals surface area contributed by atoms with Gasteiger partial charge >= 0.3 is 0 Å². The first-order valence-corrected chi connectivity index (χ1v) is 5.03. The molecule has 3 nitrogen and oxygen atoms in total. The van der Waals surface area contributed by atoms with Crippen LogP contribution in [0.15, 0.2) is 28.8 Å². The number of nitrogens with zero attached hydrogens (tertiary/aromatic N) is 1. The molecule has 0 radical (unpaired) electrons. The first-order chi connectivity index (χ1) is 7.22. The molecule has 2 aromatic rings. The van der Waals surface area contributed by atoms with Gasteiger partial charge in [0.15, 0.2) is 0 Å². The normalized spacial score (nSPS) is 10.5. The van der Waals surface area contributed by atoms with Crippen LogP contribution >= 0.6 is 0 Å². The second kappa shape index (κ2) is 3.77. The molecule has 78 valence electrons. The maximum absolute atomic E-state index is 5.77. The van der Waals surface area contributed by atoms with E-state index in [1.165, 1.54) is 5.56 Å². The Hall–Kier alpha value is -1.77. The van der Waals surface area contributed by atoms with Crippen LogP contribution in [0.1, 0.15) is 18.2 Å². The van der Waals surface area contributed by atoms with Gasteiger partial charge in [0.1, 0.15) is 0 Å². The summed E-state index contributed by atoms with van der Waals surface area (Å²) in [6.45, 7) is 4.09. The summed E-state index contributed by atoms with van der Waals surface area (Å²) in [5.74, 6) is 0.400. The van der Waals surface area contributed by atoms with Gasteiger partial charge in [0.05, 0.1) is 11.3 Å². The van der Waals surface area contributed by atoms with Crippen molar-refractivity contribution in [3.63, 3.8) is 0 Å². The van der Waals surface area contributed by atoms with Gasteiger partial charge in [-0.3, -0.25) is 0 Å². The van der Waals surface area contributed by atoms with E-state index in [-0.39, 0.29) is 0 Å². The van der Waals surface area contributed by atoms with Crippen LogP contribution < -0.4 is 5.73 Å². The summed E-state index contributed by atoms with van der Waals surface area (Å²) in [5, 5.41) is 3.94. The van der Waals surface area contributed by atoms with E-state index in [1.807, 2.05) is 19.1 Å². The molecule has 0 saturated carbocycles. The summed E-state index contributed by atoms with van der Waals surface area (Å²) in [7, 11) is 0. The van der Waals surface area contributed by atoms with Crippen molar-refractivity contribution in [1.29, 1.82) is 0 Å². The van der Waals surface area contributed by atoms with E-state index in [0.29, 0.717) is 5.88 Å². The minimum Gasteiger partial charge on any atom is -0.367 e. The summed E-state index contributed by atoms with van der Waals surface area (Å²) < 4.78 is 5.01. The average Bonchev–Trinajstić information content (AvgIpc) is 2.59. The minimum atomic E-state index is 0.400. The summed E-state index contributed by atoms with van der Waals surface area (Å²) in [6.07, 6.45) is 0.823. The van der Waals surface area contributed by atoms with Crippen LogP contribution in [0.4, 0.5) is 5.88 Å². The summed E-state index contributed by atoms with van der Waals surface area (Å²) in [6, 6.07) is 8.17. The molecule has 1 aromatic carbocycles. The Morgan fingerprint density at radius 2 is 2.20 bits per heavy atom. The SMILES string of the molecule is CCc1noc(N)c1-c1cccc(C)c1. The Bertz CT molecular complexity index is 474. The van der Waals surface area contributed by atoms with Crippen molar-refractivity contribution in [2.24, 2.45) is 0 Å². The molecule has 1 heterocycles. The quantitative estimate of drug-likeness (QED) is 0.814.